The molecule has 0 radical (unpaired) electrons. The first kappa shape index (κ1) is 25.9. The minimum absolute atomic E-state index is 0.0791. The van der Waals surface area contributed by atoms with E-state index >= 15 is 0 Å². The van der Waals surface area contributed by atoms with Crippen molar-refractivity contribution in [1.29, 1.82) is 5.26 Å². The minimum atomic E-state index is -0.685. The number of nitrogens with zero attached hydrogens (tertiary/aromatic N) is 1. The van der Waals surface area contributed by atoms with Crippen LogP contribution in [0.5, 0.6) is 11.5 Å². The number of methoxy groups -OCH3 is 1. The lowest BCUT2D eigenvalue weighted by Gasteiger charge is -2.26. The summed E-state index contributed by atoms with van der Waals surface area (Å²) in [6, 6.07) is 16.7. The van der Waals surface area contributed by atoms with Crippen molar-refractivity contribution in [3.63, 3.8) is 0 Å². The van der Waals surface area contributed by atoms with Gasteiger partial charge in [-0.15, -0.1) is 11.3 Å². The zero-order valence-corrected chi connectivity index (χ0v) is 22.5. The number of nitriles is 1. The van der Waals surface area contributed by atoms with Crippen molar-refractivity contribution in [3.8, 4) is 17.6 Å². The van der Waals surface area contributed by atoms with E-state index in [1.165, 1.54) is 13.2 Å². The van der Waals surface area contributed by atoms with Gasteiger partial charge in [0.1, 0.15) is 28.0 Å². The van der Waals surface area contributed by atoms with Gasteiger partial charge in [-0.3, -0.25) is 0 Å². The predicted octanol–water partition coefficient (Wildman–Crippen LogP) is 7.09. The van der Waals surface area contributed by atoms with Crippen LogP contribution in [0.3, 0.4) is 0 Å². The van der Waals surface area contributed by atoms with Gasteiger partial charge in [0.25, 0.3) is 0 Å². The third kappa shape index (κ3) is 4.55. The van der Waals surface area contributed by atoms with Crippen molar-refractivity contribution < 1.29 is 23.8 Å². The molecule has 1 unspecified atom stereocenters. The highest BCUT2D eigenvalue weighted by Gasteiger charge is 2.31. The largest absolute Gasteiger partial charge is 0.465 e. The second-order valence-electron chi connectivity index (χ2n) is 8.13. The average Bonchev–Trinajstić information content (AvgIpc) is 3.23. The normalized spacial score (nSPS) is 14.4. The number of carbonyl (C=O) groups excluding carboxylic acids is 2. The molecule has 190 valence electrons. The van der Waals surface area contributed by atoms with Crippen LogP contribution in [0, 0.1) is 11.3 Å². The summed E-state index contributed by atoms with van der Waals surface area (Å²) in [5, 5.41) is 11.2. The van der Waals surface area contributed by atoms with E-state index in [4.69, 9.17) is 54.7 Å². The zero-order valence-electron chi connectivity index (χ0n) is 19.4. The molecule has 2 N–H and O–H groups in total. The van der Waals surface area contributed by atoms with Crippen LogP contribution >= 0.6 is 46.1 Å². The molecular formula is C27H15Cl3N2O5S. The molecule has 2 heterocycles. The minimum Gasteiger partial charge on any atom is -0.465 e. The molecule has 0 aliphatic carbocycles. The smallest absolute Gasteiger partial charge is 0.355 e. The lowest BCUT2D eigenvalue weighted by atomic mass is 9.83. The van der Waals surface area contributed by atoms with E-state index in [9.17, 15) is 14.9 Å². The van der Waals surface area contributed by atoms with Gasteiger partial charge in [-0.1, -0.05) is 53.0 Å². The second kappa shape index (κ2) is 10.2. The number of benzene rings is 3. The third-order valence-electron chi connectivity index (χ3n) is 5.90. The molecule has 5 rings (SSSR count). The molecule has 11 heteroatoms. The molecule has 38 heavy (non-hydrogen) atoms. The first-order valence-corrected chi connectivity index (χ1v) is 12.9. The van der Waals surface area contributed by atoms with Gasteiger partial charge in [0.2, 0.25) is 5.88 Å². The molecule has 4 aromatic rings. The van der Waals surface area contributed by atoms with Crippen molar-refractivity contribution in [2.75, 3.05) is 7.11 Å². The summed E-state index contributed by atoms with van der Waals surface area (Å²) >= 11 is 19.9. The Morgan fingerprint density at radius 2 is 1.79 bits per heavy atom. The highest BCUT2D eigenvalue weighted by atomic mass is 35.5. The quantitative estimate of drug-likeness (QED) is 0.201. The molecule has 0 saturated heterocycles. The number of carbonyl (C=O) groups is 2. The van der Waals surface area contributed by atoms with Gasteiger partial charge in [-0.05, 0) is 35.9 Å². The van der Waals surface area contributed by atoms with Gasteiger partial charge in [-0.2, -0.15) is 5.26 Å². The second-order valence-corrected chi connectivity index (χ2v) is 10.4. The maximum Gasteiger partial charge on any atom is 0.355 e. The van der Waals surface area contributed by atoms with E-state index in [1.54, 1.807) is 48.5 Å². The topological polar surface area (TPSA) is 112 Å². The fourth-order valence-corrected chi connectivity index (χ4v) is 6.41. The standard InChI is InChI=1S/C27H15Cl3N2O5S/c1-35-26(33)13-4-2-12(3-5-13)21-16-7-6-15(10-19(16)37-25(32)17(21)11-31)36-27(34)24-23(30)22-18(29)8-14(28)9-20(22)38-24/h2-10,21H,32H2,1H3. The number of hydrogen-bond donors (Lipinski definition) is 1. The fraction of sp³-hybridized carbons (Fsp3) is 0.0741. The number of halogens is 3. The molecule has 7 nitrogen and oxygen atoms in total. The first-order valence-electron chi connectivity index (χ1n) is 10.9. The van der Waals surface area contributed by atoms with Crippen molar-refractivity contribution >= 4 is 68.2 Å². The molecule has 0 spiro atoms. The summed E-state index contributed by atoms with van der Waals surface area (Å²) in [4.78, 5) is 25.0. The molecule has 1 aliphatic heterocycles. The lowest BCUT2D eigenvalue weighted by Crippen LogP contribution is -2.21. The van der Waals surface area contributed by atoms with Gasteiger partial charge >= 0.3 is 11.9 Å². The molecule has 1 aliphatic rings. The number of ether oxygens (including phenoxy) is 3. The highest BCUT2D eigenvalue weighted by Crippen LogP contribution is 2.44. The Kier molecular flexibility index (Phi) is 6.95. The zero-order chi connectivity index (χ0) is 27.1. The van der Waals surface area contributed by atoms with Crippen LogP contribution in [0.1, 0.15) is 37.1 Å². The molecule has 3 aromatic carbocycles. The average molecular weight is 586 g/mol. The van der Waals surface area contributed by atoms with Crippen molar-refractivity contribution in [2.24, 2.45) is 5.73 Å². The monoisotopic (exact) mass is 584 g/mol. The Hall–Kier alpha value is -3.74. The molecule has 0 saturated carbocycles. The maximum absolute atomic E-state index is 13.0. The van der Waals surface area contributed by atoms with Gasteiger partial charge < -0.3 is 19.9 Å². The highest BCUT2D eigenvalue weighted by molar-refractivity contribution is 7.21. The first-order chi connectivity index (χ1) is 18.2. The SMILES string of the molecule is COC(=O)c1ccc(C2C(C#N)=C(N)Oc3cc(OC(=O)c4sc5cc(Cl)cc(Cl)c5c4Cl)ccc32)cc1. The summed E-state index contributed by atoms with van der Waals surface area (Å²) in [7, 11) is 1.30. The Bertz CT molecular complexity index is 1710. The Morgan fingerprint density at radius 1 is 1.05 bits per heavy atom. The third-order valence-corrected chi connectivity index (χ3v) is 8.02. The molecule has 0 fully saturated rings. The van der Waals surface area contributed by atoms with Crippen LogP contribution in [0.25, 0.3) is 10.1 Å². The van der Waals surface area contributed by atoms with Gasteiger partial charge in [0.15, 0.2) is 0 Å². The van der Waals surface area contributed by atoms with Crippen molar-refractivity contribution in [1.82, 2.24) is 0 Å². The number of esters is 2. The van der Waals surface area contributed by atoms with E-state index in [-0.39, 0.29) is 27.1 Å². The number of thiophene rings is 1. The van der Waals surface area contributed by atoms with E-state index in [1.807, 2.05) is 0 Å². The van der Waals surface area contributed by atoms with E-state index in [0.29, 0.717) is 42.6 Å². The van der Waals surface area contributed by atoms with Crippen molar-refractivity contribution in [2.45, 2.75) is 5.92 Å². The molecule has 0 amide bonds. The molecule has 0 bridgehead atoms. The Labute approximate surface area is 235 Å². The van der Waals surface area contributed by atoms with Crippen LogP contribution in [-0.4, -0.2) is 19.0 Å². The van der Waals surface area contributed by atoms with E-state index < -0.39 is 17.9 Å². The maximum atomic E-state index is 13.0. The number of allylic oxidation sites excluding steroid dienone is 1. The van der Waals surface area contributed by atoms with Gasteiger partial charge in [0, 0.05) is 26.7 Å². The van der Waals surface area contributed by atoms with Gasteiger partial charge in [0.05, 0.1) is 28.6 Å². The van der Waals surface area contributed by atoms with Crippen LogP contribution < -0.4 is 15.2 Å². The lowest BCUT2D eigenvalue weighted by molar-refractivity contribution is 0.0600. The van der Waals surface area contributed by atoms with Crippen LogP contribution in [0.4, 0.5) is 0 Å². The molecule has 1 aromatic heterocycles. The van der Waals surface area contributed by atoms with Gasteiger partial charge in [-0.25, -0.2) is 9.59 Å². The van der Waals surface area contributed by atoms with Crippen molar-refractivity contribution in [3.05, 3.63) is 103 Å². The number of fused-ring (bicyclic) bond motifs is 2. The summed E-state index contributed by atoms with van der Waals surface area (Å²) in [6.07, 6.45) is 0. The Balaban J connectivity index is 1.48. The number of nitrogens with two attached hydrogens (primary N) is 1. The predicted molar refractivity (Wildman–Crippen MR) is 145 cm³/mol. The molecule has 1 atom stereocenters. The summed E-state index contributed by atoms with van der Waals surface area (Å²) in [5.74, 6) is -1.32. The van der Waals surface area contributed by atoms with Crippen LogP contribution in [0.15, 0.2) is 66.1 Å². The summed E-state index contributed by atoms with van der Waals surface area (Å²) < 4.78 is 16.7. The summed E-state index contributed by atoms with van der Waals surface area (Å²) in [5.41, 5.74) is 7.99. The van der Waals surface area contributed by atoms with E-state index in [2.05, 4.69) is 6.07 Å². The van der Waals surface area contributed by atoms with E-state index in [0.717, 1.165) is 11.3 Å². The number of rotatable bonds is 4. The summed E-state index contributed by atoms with van der Waals surface area (Å²) in [6.45, 7) is 0. The van der Waals surface area contributed by atoms with Crippen LogP contribution in [-0.2, 0) is 4.74 Å². The fourth-order valence-electron chi connectivity index (χ4n) is 4.17. The Morgan fingerprint density at radius 3 is 2.47 bits per heavy atom. The number of hydrogen-bond acceptors (Lipinski definition) is 8. The molecular weight excluding hydrogens is 571 g/mol. The van der Waals surface area contributed by atoms with Crippen LogP contribution in [0.2, 0.25) is 15.1 Å².